The van der Waals surface area contributed by atoms with Crippen LogP contribution in [0.15, 0.2) is 4.79 Å². The van der Waals surface area contributed by atoms with Crippen LogP contribution in [0.4, 0.5) is 0 Å². The maximum Gasteiger partial charge on any atom is 0.277 e. The highest BCUT2D eigenvalue weighted by Crippen LogP contribution is 2.37. The molecule has 0 unspecified atom stereocenters. The van der Waals surface area contributed by atoms with E-state index in [1.54, 1.807) is 11.7 Å². The lowest BCUT2D eigenvalue weighted by Crippen LogP contribution is -2.13. The molecule has 1 N–H and O–H groups in total. The first-order chi connectivity index (χ1) is 8.20. The summed E-state index contributed by atoms with van der Waals surface area (Å²) in [5.41, 5.74) is 2.27. The maximum absolute atomic E-state index is 12.0. The van der Waals surface area contributed by atoms with Crippen LogP contribution >= 0.6 is 0 Å². The molecule has 0 radical (unpaired) electrons. The summed E-state index contributed by atoms with van der Waals surface area (Å²) >= 11 is 0. The van der Waals surface area contributed by atoms with Gasteiger partial charge in [-0.25, -0.2) is 4.98 Å². The van der Waals surface area contributed by atoms with Crippen molar-refractivity contribution in [1.29, 1.82) is 0 Å². The average Bonchev–Trinajstić information content (AvgIpc) is 3.07. The predicted molar refractivity (Wildman–Crippen MR) is 65.1 cm³/mol. The highest BCUT2D eigenvalue weighted by molar-refractivity contribution is 5.76. The molecule has 0 aromatic carbocycles. The molecule has 1 fully saturated rings. The molecule has 0 aliphatic heterocycles. The van der Waals surface area contributed by atoms with Gasteiger partial charge in [0.2, 0.25) is 0 Å². The molecule has 2 aromatic rings. The first-order valence-corrected chi connectivity index (χ1v) is 6.16. The van der Waals surface area contributed by atoms with Gasteiger partial charge in [0, 0.05) is 13.0 Å². The molecule has 3 rings (SSSR count). The Kier molecular flexibility index (Phi) is 2.28. The number of hydrogen-bond donors (Lipinski definition) is 1. The molecule has 1 aliphatic rings. The molecular weight excluding hydrogens is 216 g/mol. The van der Waals surface area contributed by atoms with Gasteiger partial charge in [-0.3, -0.25) is 9.48 Å². The Bertz CT molecular complexity index is 621. The van der Waals surface area contributed by atoms with Crippen molar-refractivity contribution >= 4 is 11.0 Å². The topological polar surface area (TPSA) is 63.6 Å². The van der Waals surface area contributed by atoms with Crippen LogP contribution in [0.5, 0.6) is 0 Å². The molecule has 2 aromatic heterocycles. The second-order valence-electron chi connectivity index (χ2n) is 4.74. The van der Waals surface area contributed by atoms with Crippen LogP contribution in [0.25, 0.3) is 11.0 Å². The minimum absolute atomic E-state index is 0.0609. The monoisotopic (exact) mass is 232 g/mol. The van der Waals surface area contributed by atoms with Gasteiger partial charge in [-0.1, -0.05) is 13.3 Å². The summed E-state index contributed by atoms with van der Waals surface area (Å²) in [5.74, 6) is 1.30. The van der Waals surface area contributed by atoms with E-state index in [2.05, 4.69) is 22.0 Å². The van der Waals surface area contributed by atoms with Gasteiger partial charge in [-0.2, -0.15) is 5.10 Å². The van der Waals surface area contributed by atoms with Gasteiger partial charge in [0.1, 0.15) is 11.3 Å². The molecule has 0 bridgehead atoms. The van der Waals surface area contributed by atoms with E-state index >= 15 is 0 Å². The number of fused-ring (bicyclic) bond motifs is 1. The third kappa shape index (κ3) is 1.66. The number of rotatable bonds is 3. The van der Waals surface area contributed by atoms with Crippen molar-refractivity contribution < 1.29 is 0 Å². The molecule has 0 amide bonds. The molecule has 5 heteroatoms. The third-order valence-electron chi connectivity index (χ3n) is 3.23. The molecule has 17 heavy (non-hydrogen) atoms. The fraction of sp³-hybridized carbons (Fsp3) is 0.583. The summed E-state index contributed by atoms with van der Waals surface area (Å²) in [6.45, 7) is 2.11. The average molecular weight is 232 g/mol. The summed E-state index contributed by atoms with van der Waals surface area (Å²) in [4.78, 5) is 19.5. The number of aromatic nitrogens is 4. The first kappa shape index (κ1) is 10.5. The fourth-order valence-corrected chi connectivity index (χ4v) is 2.22. The highest BCUT2D eigenvalue weighted by atomic mass is 16.1. The molecule has 5 nitrogen and oxygen atoms in total. The van der Waals surface area contributed by atoms with E-state index in [0.29, 0.717) is 11.4 Å². The fourth-order valence-electron chi connectivity index (χ4n) is 2.22. The number of hydrogen-bond acceptors (Lipinski definition) is 3. The second kappa shape index (κ2) is 3.68. The predicted octanol–water partition coefficient (Wildman–Crippen LogP) is 1.49. The summed E-state index contributed by atoms with van der Waals surface area (Å²) in [6.07, 6.45) is 4.16. The van der Waals surface area contributed by atoms with Crippen LogP contribution in [-0.2, 0) is 13.5 Å². The van der Waals surface area contributed by atoms with Gasteiger partial charge < -0.3 is 4.98 Å². The maximum atomic E-state index is 12.0. The summed E-state index contributed by atoms with van der Waals surface area (Å²) < 4.78 is 1.64. The Morgan fingerprint density at radius 2 is 2.24 bits per heavy atom. The molecular formula is C12H16N4O. The number of aromatic amines is 1. The molecule has 0 spiro atoms. The quantitative estimate of drug-likeness (QED) is 0.872. The van der Waals surface area contributed by atoms with Crippen LogP contribution in [0.2, 0.25) is 0 Å². The van der Waals surface area contributed by atoms with Gasteiger partial charge >= 0.3 is 0 Å². The lowest BCUT2D eigenvalue weighted by atomic mass is 10.2. The Morgan fingerprint density at radius 3 is 2.88 bits per heavy atom. The van der Waals surface area contributed by atoms with E-state index in [-0.39, 0.29) is 5.56 Å². The van der Waals surface area contributed by atoms with Crippen LogP contribution < -0.4 is 5.56 Å². The van der Waals surface area contributed by atoms with Gasteiger partial charge in [0.25, 0.3) is 5.56 Å². The molecule has 1 aliphatic carbocycles. The third-order valence-corrected chi connectivity index (χ3v) is 3.23. The van der Waals surface area contributed by atoms with Gasteiger partial charge in [0.15, 0.2) is 5.52 Å². The van der Waals surface area contributed by atoms with Crippen LogP contribution in [0.1, 0.15) is 43.6 Å². The second-order valence-corrected chi connectivity index (χ2v) is 4.74. The van der Waals surface area contributed by atoms with Gasteiger partial charge in [-0.05, 0) is 19.3 Å². The minimum atomic E-state index is -0.0609. The minimum Gasteiger partial charge on any atom is -0.308 e. The lowest BCUT2D eigenvalue weighted by molar-refractivity contribution is 0.750. The van der Waals surface area contributed by atoms with Crippen molar-refractivity contribution in [2.45, 2.75) is 38.5 Å². The molecule has 2 heterocycles. The van der Waals surface area contributed by atoms with E-state index in [1.165, 1.54) is 0 Å². The number of aryl methyl sites for hydroxylation is 2. The largest absolute Gasteiger partial charge is 0.308 e. The molecule has 90 valence electrons. The van der Waals surface area contributed by atoms with Crippen LogP contribution in [0, 0.1) is 0 Å². The van der Waals surface area contributed by atoms with Gasteiger partial charge in [0.05, 0.1) is 5.69 Å². The number of nitrogens with one attached hydrogen (secondary N) is 1. The standard InChI is InChI=1S/C12H16N4O/c1-3-4-8-9-10(16(2)15-8)12(17)14-11(13-9)7-5-6-7/h7H,3-6H2,1-2H3,(H,13,14,17). The van der Waals surface area contributed by atoms with Crippen molar-refractivity contribution in [3.05, 3.63) is 21.9 Å². The Morgan fingerprint density at radius 1 is 1.47 bits per heavy atom. The van der Waals surface area contributed by atoms with Crippen molar-refractivity contribution in [2.75, 3.05) is 0 Å². The smallest absolute Gasteiger partial charge is 0.277 e. The summed E-state index contributed by atoms with van der Waals surface area (Å²) in [6, 6.07) is 0. The van der Waals surface area contributed by atoms with E-state index in [0.717, 1.165) is 42.7 Å². The Labute approximate surface area is 98.9 Å². The van der Waals surface area contributed by atoms with Crippen LogP contribution in [-0.4, -0.2) is 19.7 Å². The van der Waals surface area contributed by atoms with E-state index in [4.69, 9.17) is 0 Å². The zero-order chi connectivity index (χ0) is 12.0. The van der Waals surface area contributed by atoms with E-state index in [1.807, 2.05) is 0 Å². The normalized spacial score (nSPS) is 15.6. The number of nitrogens with zero attached hydrogens (tertiary/aromatic N) is 3. The molecule has 1 saturated carbocycles. The van der Waals surface area contributed by atoms with Crippen LogP contribution in [0.3, 0.4) is 0 Å². The van der Waals surface area contributed by atoms with E-state index in [9.17, 15) is 4.79 Å². The highest BCUT2D eigenvalue weighted by Gasteiger charge is 2.27. The van der Waals surface area contributed by atoms with Crippen molar-refractivity contribution in [1.82, 2.24) is 19.7 Å². The Hall–Kier alpha value is -1.65. The van der Waals surface area contributed by atoms with Crippen molar-refractivity contribution in [2.24, 2.45) is 7.05 Å². The van der Waals surface area contributed by atoms with Crippen molar-refractivity contribution in [3.63, 3.8) is 0 Å². The SMILES string of the molecule is CCCc1nn(C)c2c(=O)[nH]c(C3CC3)nc12. The van der Waals surface area contributed by atoms with E-state index < -0.39 is 0 Å². The van der Waals surface area contributed by atoms with Gasteiger partial charge in [-0.15, -0.1) is 0 Å². The Balaban J connectivity index is 2.26. The first-order valence-electron chi connectivity index (χ1n) is 6.16. The summed E-state index contributed by atoms with van der Waals surface area (Å²) in [7, 11) is 1.80. The molecule has 0 saturated heterocycles. The lowest BCUT2D eigenvalue weighted by Gasteiger charge is -1.98. The zero-order valence-corrected chi connectivity index (χ0v) is 10.2. The van der Waals surface area contributed by atoms with Crippen molar-refractivity contribution in [3.8, 4) is 0 Å². The zero-order valence-electron chi connectivity index (χ0n) is 10.2. The molecule has 0 atom stereocenters. The number of H-pyrrole nitrogens is 1. The summed E-state index contributed by atoms with van der Waals surface area (Å²) in [5, 5.41) is 4.40.